The normalized spacial score (nSPS) is 27.0. The van der Waals surface area contributed by atoms with Crippen molar-refractivity contribution in [3.63, 3.8) is 0 Å². The molecular weight excluding hydrogens is 220 g/mol. The molecule has 0 aromatic carbocycles. The minimum Gasteiger partial charge on any atom is -0.481 e. The van der Waals surface area contributed by atoms with Crippen LogP contribution in [0.25, 0.3) is 0 Å². The predicted molar refractivity (Wildman–Crippen MR) is 64.3 cm³/mol. The Labute approximate surface area is 102 Å². The van der Waals surface area contributed by atoms with Crippen LogP contribution in [0.3, 0.4) is 0 Å². The van der Waals surface area contributed by atoms with Gasteiger partial charge in [-0.15, -0.1) is 0 Å². The van der Waals surface area contributed by atoms with Crippen LogP contribution in [0.5, 0.6) is 0 Å². The monoisotopic (exact) mass is 242 g/mol. The third kappa shape index (κ3) is 2.97. The number of carbonyl (C=O) groups excluding carboxylic acids is 1. The molecule has 3 N–H and O–H groups in total. The Bertz CT molecular complexity index is 322. The first-order chi connectivity index (χ1) is 7.64. The van der Waals surface area contributed by atoms with Gasteiger partial charge in [0.15, 0.2) is 0 Å². The van der Waals surface area contributed by atoms with E-state index >= 15 is 0 Å². The van der Waals surface area contributed by atoms with Crippen LogP contribution in [0.1, 0.15) is 27.7 Å². The smallest absolute Gasteiger partial charge is 0.308 e. The molecule has 17 heavy (non-hydrogen) atoms. The molecule has 0 aromatic heterocycles. The van der Waals surface area contributed by atoms with Crippen LogP contribution < -0.4 is 5.73 Å². The van der Waals surface area contributed by atoms with E-state index in [0.717, 1.165) is 0 Å². The van der Waals surface area contributed by atoms with Crippen molar-refractivity contribution in [2.45, 2.75) is 33.7 Å². The van der Waals surface area contributed by atoms with Crippen molar-refractivity contribution in [3.05, 3.63) is 0 Å². The highest BCUT2D eigenvalue weighted by Gasteiger charge is 2.40. The molecule has 1 aliphatic heterocycles. The molecule has 1 fully saturated rings. The highest BCUT2D eigenvalue weighted by molar-refractivity contribution is 5.84. The van der Waals surface area contributed by atoms with E-state index in [1.807, 2.05) is 27.7 Å². The molecule has 0 aliphatic carbocycles. The Morgan fingerprint density at radius 3 is 2.24 bits per heavy atom. The molecule has 0 radical (unpaired) electrons. The molecule has 0 aromatic rings. The summed E-state index contributed by atoms with van der Waals surface area (Å²) in [6.07, 6.45) is 0. The largest absolute Gasteiger partial charge is 0.481 e. The first-order valence-corrected chi connectivity index (χ1v) is 5.91. The zero-order chi connectivity index (χ0) is 13.4. The van der Waals surface area contributed by atoms with Crippen molar-refractivity contribution in [2.75, 3.05) is 13.1 Å². The van der Waals surface area contributed by atoms with Crippen LogP contribution in [0.4, 0.5) is 0 Å². The average molecular weight is 242 g/mol. The van der Waals surface area contributed by atoms with Crippen LogP contribution >= 0.6 is 0 Å². The Kier molecular flexibility index (Phi) is 3.81. The van der Waals surface area contributed by atoms with Crippen LogP contribution in [0.15, 0.2) is 0 Å². The number of hydrogen-bond donors (Lipinski definition) is 2. The molecule has 0 saturated carbocycles. The third-order valence-electron chi connectivity index (χ3n) is 3.44. The lowest BCUT2D eigenvalue weighted by Gasteiger charge is -2.29. The van der Waals surface area contributed by atoms with E-state index in [0.29, 0.717) is 6.54 Å². The number of nitrogens with zero attached hydrogens (tertiary/aromatic N) is 1. The molecule has 0 unspecified atom stereocenters. The number of nitrogens with two attached hydrogens (primary N) is 1. The quantitative estimate of drug-likeness (QED) is 0.740. The molecule has 0 spiro atoms. The molecule has 98 valence electrons. The number of hydrogen-bond acceptors (Lipinski definition) is 3. The Morgan fingerprint density at radius 1 is 1.35 bits per heavy atom. The Balaban J connectivity index is 2.71. The lowest BCUT2D eigenvalue weighted by molar-refractivity contribution is -0.142. The van der Waals surface area contributed by atoms with Gasteiger partial charge in [-0.3, -0.25) is 9.59 Å². The fraction of sp³-hybridized carbons (Fsp3) is 0.833. The van der Waals surface area contributed by atoms with E-state index in [1.54, 1.807) is 4.90 Å². The minimum atomic E-state index is -0.836. The highest BCUT2D eigenvalue weighted by atomic mass is 16.4. The van der Waals surface area contributed by atoms with E-state index in [9.17, 15) is 9.59 Å². The van der Waals surface area contributed by atoms with E-state index in [2.05, 4.69) is 0 Å². The molecule has 0 bridgehead atoms. The number of carboxylic acid groups (broad SMARTS) is 1. The SMILES string of the molecule is C[C@@H]1CN(C(=O)[C@H](N)C(C)(C)C)C[C@H]1C(=O)O. The van der Waals surface area contributed by atoms with Crippen molar-refractivity contribution in [2.24, 2.45) is 23.0 Å². The minimum absolute atomic E-state index is 0.0105. The molecule has 1 heterocycles. The van der Waals surface area contributed by atoms with Gasteiger partial charge in [-0.2, -0.15) is 0 Å². The number of carbonyl (C=O) groups is 2. The topological polar surface area (TPSA) is 83.6 Å². The highest BCUT2D eigenvalue weighted by Crippen LogP contribution is 2.26. The lowest BCUT2D eigenvalue weighted by atomic mass is 9.86. The third-order valence-corrected chi connectivity index (χ3v) is 3.44. The molecule has 5 heteroatoms. The van der Waals surface area contributed by atoms with Crippen LogP contribution in [-0.4, -0.2) is 41.0 Å². The lowest BCUT2D eigenvalue weighted by Crippen LogP contribution is -2.49. The van der Waals surface area contributed by atoms with Gasteiger partial charge in [0, 0.05) is 13.1 Å². The molecule has 1 aliphatic rings. The molecule has 5 nitrogen and oxygen atoms in total. The molecule has 1 saturated heterocycles. The summed E-state index contributed by atoms with van der Waals surface area (Å²) in [5.74, 6) is -1.46. The van der Waals surface area contributed by atoms with Crippen molar-refractivity contribution in [1.29, 1.82) is 0 Å². The summed E-state index contributed by atoms with van der Waals surface area (Å²) >= 11 is 0. The van der Waals surface area contributed by atoms with Gasteiger partial charge in [0.2, 0.25) is 5.91 Å². The van der Waals surface area contributed by atoms with E-state index in [1.165, 1.54) is 0 Å². The first-order valence-electron chi connectivity index (χ1n) is 5.91. The van der Waals surface area contributed by atoms with Crippen LogP contribution in [0, 0.1) is 17.3 Å². The second-order valence-corrected chi connectivity index (χ2v) is 6.01. The summed E-state index contributed by atoms with van der Waals surface area (Å²) in [5, 5.41) is 9.01. The number of amides is 1. The van der Waals surface area contributed by atoms with Crippen molar-refractivity contribution in [3.8, 4) is 0 Å². The standard InChI is InChI=1S/C12H22N2O3/c1-7-5-14(6-8(7)11(16)17)10(15)9(13)12(2,3)4/h7-9H,5-6,13H2,1-4H3,(H,16,17)/t7-,8-,9+/m1/s1. The molecule has 3 atom stereocenters. The fourth-order valence-corrected chi connectivity index (χ4v) is 2.04. The molecule has 1 rings (SSSR count). The van der Waals surface area contributed by atoms with Gasteiger partial charge in [-0.1, -0.05) is 27.7 Å². The number of rotatable bonds is 2. The van der Waals surface area contributed by atoms with Crippen molar-refractivity contribution < 1.29 is 14.7 Å². The first kappa shape index (κ1) is 14.0. The Hall–Kier alpha value is -1.10. The summed E-state index contributed by atoms with van der Waals surface area (Å²) in [5.41, 5.74) is 5.60. The second-order valence-electron chi connectivity index (χ2n) is 6.01. The maximum Gasteiger partial charge on any atom is 0.308 e. The Morgan fingerprint density at radius 2 is 1.88 bits per heavy atom. The van der Waals surface area contributed by atoms with Crippen molar-refractivity contribution >= 4 is 11.9 Å². The zero-order valence-corrected chi connectivity index (χ0v) is 10.9. The van der Waals surface area contributed by atoms with Gasteiger partial charge in [0.1, 0.15) is 0 Å². The van der Waals surface area contributed by atoms with E-state index in [4.69, 9.17) is 10.8 Å². The maximum atomic E-state index is 12.1. The van der Waals surface area contributed by atoms with Crippen LogP contribution in [0.2, 0.25) is 0 Å². The summed E-state index contributed by atoms with van der Waals surface area (Å²) in [6.45, 7) is 8.34. The summed E-state index contributed by atoms with van der Waals surface area (Å²) in [6, 6.07) is -0.581. The maximum absolute atomic E-state index is 12.1. The second kappa shape index (κ2) is 4.64. The molecular formula is C12H22N2O3. The number of likely N-dealkylation sites (tertiary alicyclic amines) is 1. The summed E-state index contributed by atoms with van der Waals surface area (Å²) in [4.78, 5) is 24.7. The van der Waals surface area contributed by atoms with E-state index in [-0.39, 0.29) is 23.8 Å². The zero-order valence-electron chi connectivity index (χ0n) is 10.9. The van der Waals surface area contributed by atoms with Gasteiger partial charge < -0.3 is 15.7 Å². The van der Waals surface area contributed by atoms with Gasteiger partial charge in [-0.05, 0) is 11.3 Å². The van der Waals surface area contributed by atoms with Crippen molar-refractivity contribution in [1.82, 2.24) is 4.90 Å². The van der Waals surface area contributed by atoms with Gasteiger partial charge in [0.05, 0.1) is 12.0 Å². The van der Waals surface area contributed by atoms with Gasteiger partial charge >= 0.3 is 5.97 Å². The van der Waals surface area contributed by atoms with E-state index < -0.39 is 17.9 Å². The summed E-state index contributed by atoms with van der Waals surface area (Å²) in [7, 11) is 0. The van der Waals surface area contributed by atoms with Gasteiger partial charge in [-0.25, -0.2) is 0 Å². The predicted octanol–water partition coefficient (Wildman–Crippen LogP) is 0.539. The molecule has 1 amide bonds. The average Bonchev–Trinajstić information content (AvgIpc) is 2.56. The van der Waals surface area contributed by atoms with Gasteiger partial charge in [0.25, 0.3) is 0 Å². The fourth-order valence-electron chi connectivity index (χ4n) is 2.04. The van der Waals surface area contributed by atoms with Crippen LogP contribution in [-0.2, 0) is 9.59 Å². The number of aliphatic carboxylic acids is 1. The summed E-state index contributed by atoms with van der Waals surface area (Å²) < 4.78 is 0. The number of carboxylic acids is 1.